The normalized spacial score (nSPS) is 12.0. The van der Waals surface area contributed by atoms with Crippen molar-refractivity contribution in [2.75, 3.05) is 26.8 Å². The quantitative estimate of drug-likeness (QED) is 0.747. The van der Waals surface area contributed by atoms with Gasteiger partial charge in [-0.2, -0.15) is 4.31 Å². The van der Waals surface area contributed by atoms with Gasteiger partial charge in [-0.25, -0.2) is 8.42 Å². The molecule has 0 bridgehead atoms. The summed E-state index contributed by atoms with van der Waals surface area (Å²) < 4.78 is 30.7. The molecule has 1 aromatic carbocycles. The van der Waals surface area contributed by atoms with E-state index in [0.717, 1.165) is 0 Å². The zero-order valence-corrected chi connectivity index (χ0v) is 11.5. The Balaban J connectivity index is 2.77. The van der Waals surface area contributed by atoms with Crippen LogP contribution in [-0.4, -0.2) is 44.6 Å². The minimum atomic E-state index is -3.47. The van der Waals surface area contributed by atoms with Gasteiger partial charge in [0.15, 0.2) is 0 Å². The maximum absolute atomic E-state index is 12.1. The smallest absolute Gasteiger partial charge is 0.242 e. The third kappa shape index (κ3) is 3.78. The Kier molecular flexibility index (Phi) is 5.74. The summed E-state index contributed by atoms with van der Waals surface area (Å²) >= 11 is 0. The highest BCUT2D eigenvalue weighted by atomic mass is 32.2. The zero-order chi connectivity index (χ0) is 13.6. The second-order valence-corrected chi connectivity index (χ2v) is 5.87. The maximum atomic E-state index is 12.1. The molecule has 102 valence electrons. The number of hydrogen-bond donors (Lipinski definition) is 1. The summed E-state index contributed by atoms with van der Waals surface area (Å²) in [6, 6.07) is 6.20. The number of rotatable bonds is 7. The summed E-state index contributed by atoms with van der Waals surface area (Å²) in [5, 5.41) is 8.91. The average Bonchev–Trinajstić information content (AvgIpc) is 2.39. The van der Waals surface area contributed by atoms with E-state index in [1.165, 1.54) is 23.5 Å². The Morgan fingerprint density at radius 2 is 1.89 bits per heavy atom. The number of likely N-dealkylation sites (N-methyl/N-ethyl adjacent to an activating group) is 1. The molecule has 0 aliphatic heterocycles. The summed E-state index contributed by atoms with van der Waals surface area (Å²) in [5.41, 5.74) is 0.686. The van der Waals surface area contributed by atoms with Crippen LogP contribution >= 0.6 is 0 Å². The van der Waals surface area contributed by atoms with Crippen LogP contribution in [0.2, 0.25) is 0 Å². The van der Waals surface area contributed by atoms with Crippen LogP contribution in [0.5, 0.6) is 0 Å². The van der Waals surface area contributed by atoms with Crippen molar-refractivity contribution in [2.45, 2.75) is 18.4 Å². The van der Waals surface area contributed by atoms with Gasteiger partial charge in [-0.05, 0) is 24.6 Å². The third-order valence-corrected chi connectivity index (χ3v) is 4.44. The van der Waals surface area contributed by atoms with Crippen LogP contribution in [0.1, 0.15) is 12.5 Å². The number of ether oxygens (including phenoxy) is 1. The maximum Gasteiger partial charge on any atom is 0.242 e. The number of sulfonamides is 1. The second kappa shape index (κ2) is 6.84. The van der Waals surface area contributed by atoms with Gasteiger partial charge in [-0.1, -0.05) is 12.1 Å². The minimum absolute atomic E-state index is 0.0967. The van der Waals surface area contributed by atoms with Gasteiger partial charge in [0.2, 0.25) is 10.0 Å². The molecule has 0 aliphatic rings. The molecule has 0 radical (unpaired) electrons. The van der Waals surface area contributed by atoms with Crippen molar-refractivity contribution >= 4 is 10.0 Å². The van der Waals surface area contributed by atoms with Gasteiger partial charge < -0.3 is 9.84 Å². The van der Waals surface area contributed by atoms with Gasteiger partial charge in [0, 0.05) is 20.2 Å². The molecule has 0 aromatic heterocycles. The predicted molar refractivity (Wildman–Crippen MR) is 68.7 cm³/mol. The third-order valence-electron chi connectivity index (χ3n) is 2.57. The molecule has 1 N–H and O–H groups in total. The Bertz CT molecular complexity index is 455. The van der Waals surface area contributed by atoms with Crippen molar-refractivity contribution in [1.82, 2.24) is 4.31 Å². The molecule has 0 aliphatic carbocycles. The van der Waals surface area contributed by atoms with Gasteiger partial charge >= 0.3 is 0 Å². The van der Waals surface area contributed by atoms with Crippen LogP contribution < -0.4 is 0 Å². The monoisotopic (exact) mass is 273 g/mol. The lowest BCUT2D eigenvalue weighted by molar-refractivity contribution is 0.138. The molecule has 0 saturated heterocycles. The predicted octanol–water partition coefficient (Wildman–Crippen LogP) is 0.836. The van der Waals surface area contributed by atoms with Crippen molar-refractivity contribution in [1.29, 1.82) is 0 Å². The Morgan fingerprint density at radius 3 is 2.39 bits per heavy atom. The summed E-state index contributed by atoms with van der Waals surface area (Å²) in [5.74, 6) is 0. The van der Waals surface area contributed by atoms with Gasteiger partial charge in [0.05, 0.1) is 18.1 Å². The molecular weight excluding hydrogens is 254 g/mol. The van der Waals surface area contributed by atoms with Crippen LogP contribution in [-0.2, 0) is 21.4 Å². The van der Waals surface area contributed by atoms with Gasteiger partial charge in [-0.15, -0.1) is 0 Å². The van der Waals surface area contributed by atoms with E-state index in [2.05, 4.69) is 0 Å². The lowest BCUT2D eigenvalue weighted by Crippen LogP contribution is -2.30. The molecule has 0 atom stereocenters. The highest BCUT2D eigenvalue weighted by Crippen LogP contribution is 2.15. The van der Waals surface area contributed by atoms with Crippen molar-refractivity contribution in [3.05, 3.63) is 29.8 Å². The first-order valence-electron chi connectivity index (χ1n) is 5.76. The van der Waals surface area contributed by atoms with Crippen LogP contribution in [0, 0.1) is 0 Å². The first-order valence-corrected chi connectivity index (χ1v) is 7.20. The molecule has 0 unspecified atom stereocenters. The summed E-state index contributed by atoms with van der Waals surface area (Å²) in [6.07, 6.45) is 0. The second-order valence-electron chi connectivity index (χ2n) is 3.83. The molecule has 18 heavy (non-hydrogen) atoms. The summed E-state index contributed by atoms with van der Waals surface area (Å²) in [7, 11) is -1.95. The van der Waals surface area contributed by atoms with Crippen molar-refractivity contribution < 1.29 is 18.3 Å². The molecule has 1 rings (SSSR count). The summed E-state index contributed by atoms with van der Waals surface area (Å²) in [6.45, 7) is 3.03. The topological polar surface area (TPSA) is 66.8 Å². The van der Waals surface area contributed by atoms with Crippen LogP contribution in [0.3, 0.4) is 0 Å². The molecule has 6 heteroatoms. The average molecular weight is 273 g/mol. The van der Waals surface area contributed by atoms with E-state index >= 15 is 0 Å². The summed E-state index contributed by atoms with van der Waals surface area (Å²) in [4.78, 5) is 0.221. The standard InChI is InChI=1S/C12H19NO4S/c1-3-17-9-8-13(2)18(15,16)12-6-4-11(10-14)5-7-12/h4-7,14H,3,8-10H2,1-2H3. The minimum Gasteiger partial charge on any atom is -0.392 e. The van der Waals surface area contributed by atoms with Crippen LogP contribution in [0.4, 0.5) is 0 Å². The van der Waals surface area contributed by atoms with E-state index in [-0.39, 0.29) is 11.5 Å². The van der Waals surface area contributed by atoms with E-state index in [9.17, 15) is 8.42 Å². The number of hydrogen-bond acceptors (Lipinski definition) is 4. The van der Waals surface area contributed by atoms with Crippen molar-refractivity contribution in [3.63, 3.8) is 0 Å². The molecule has 0 heterocycles. The fraction of sp³-hybridized carbons (Fsp3) is 0.500. The molecular formula is C12H19NO4S. The highest BCUT2D eigenvalue weighted by Gasteiger charge is 2.19. The number of benzene rings is 1. The molecule has 0 spiro atoms. The Hall–Kier alpha value is -0.950. The van der Waals surface area contributed by atoms with Gasteiger partial charge in [0.1, 0.15) is 0 Å². The van der Waals surface area contributed by atoms with Gasteiger partial charge in [0.25, 0.3) is 0 Å². The number of aliphatic hydroxyl groups is 1. The highest BCUT2D eigenvalue weighted by molar-refractivity contribution is 7.89. The van der Waals surface area contributed by atoms with E-state index in [1.54, 1.807) is 12.1 Å². The van der Waals surface area contributed by atoms with E-state index in [1.807, 2.05) is 6.92 Å². The van der Waals surface area contributed by atoms with E-state index in [4.69, 9.17) is 9.84 Å². The molecule has 0 fully saturated rings. The Labute approximate surface area is 108 Å². The fourth-order valence-electron chi connectivity index (χ4n) is 1.40. The largest absolute Gasteiger partial charge is 0.392 e. The van der Waals surface area contributed by atoms with Crippen LogP contribution in [0.25, 0.3) is 0 Å². The van der Waals surface area contributed by atoms with Crippen molar-refractivity contribution in [3.8, 4) is 0 Å². The van der Waals surface area contributed by atoms with E-state index < -0.39 is 10.0 Å². The first kappa shape index (κ1) is 15.1. The molecule has 5 nitrogen and oxygen atoms in total. The lowest BCUT2D eigenvalue weighted by atomic mass is 10.2. The zero-order valence-electron chi connectivity index (χ0n) is 10.7. The van der Waals surface area contributed by atoms with Crippen LogP contribution in [0.15, 0.2) is 29.2 Å². The fourth-order valence-corrected chi connectivity index (χ4v) is 2.56. The Morgan fingerprint density at radius 1 is 1.28 bits per heavy atom. The lowest BCUT2D eigenvalue weighted by Gasteiger charge is -2.17. The first-order chi connectivity index (χ1) is 8.52. The van der Waals surface area contributed by atoms with Crippen molar-refractivity contribution in [2.24, 2.45) is 0 Å². The number of nitrogens with zero attached hydrogens (tertiary/aromatic N) is 1. The van der Waals surface area contributed by atoms with E-state index in [0.29, 0.717) is 25.3 Å². The molecule has 1 aromatic rings. The van der Waals surface area contributed by atoms with Gasteiger partial charge in [-0.3, -0.25) is 0 Å². The SMILES string of the molecule is CCOCCN(C)S(=O)(=O)c1ccc(CO)cc1. The number of aliphatic hydroxyl groups excluding tert-OH is 1. The molecule has 0 saturated carbocycles. The molecule has 0 amide bonds.